The van der Waals surface area contributed by atoms with E-state index in [9.17, 15) is 9.90 Å². The fourth-order valence-corrected chi connectivity index (χ4v) is 5.71. The number of unbranched alkanes of at least 4 members (excludes halogenated alkanes) is 2. The van der Waals surface area contributed by atoms with E-state index in [-0.39, 0.29) is 17.8 Å². The maximum Gasteiger partial charge on any atom is 0.194 e. The zero-order valence-corrected chi connectivity index (χ0v) is 33.4. The Morgan fingerprint density at radius 2 is 1.46 bits per heavy atom. The van der Waals surface area contributed by atoms with Crippen LogP contribution in [-0.2, 0) is 12.8 Å². The van der Waals surface area contributed by atoms with Gasteiger partial charge in [-0.15, -0.1) is 0 Å². The zero-order chi connectivity index (χ0) is 34.9. The van der Waals surface area contributed by atoms with Gasteiger partial charge in [0.15, 0.2) is 10.8 Å². The van der Waals surface area contributed by atoms with Gasteiger partial charge in [-0.3, -0.25) is 4.79 Å². The third-order valence-electron chi connectivity index (χ3n) is 7.68. The molecule has 1 aliphatic rings. The number of aryl methyl sites for hydroxylation is 2. The quantitative estimate of drug-likeness (QED) is 0.200. The second-order valence-corrected chi connectivity index (χ2v) is 15.1. The summed E-state index contributed by atoms with van der Waals surface area (Å²) in [5.41, 5.74) is 3.44. The summed E-state index contributed by atoms with van der Waals surface area (Å²) in [5, 5.41) is 10.0. The number of ketones is 1. The van der Waals surface area contributed by atoms with E-state index in [1.165, 1.54) is 67.5 Å². The van der Waals surface area contributed by atoms with Crippen LogP contribution >= 0.6 is 27.3 Å². The Balaban J connectivity index is 0.000000635. The summed E-state index contributed by atoms with van der Waals surface area (Å²) >= 11 is 4.76. The molecule has 3 aromatic rings. The molecule has 2 aromatic heterocycles. The molecule has 0 amide bonds. The van der Waals surface area contributed by atoms with Crippen molar-refractivity contribution in [3.8, 4) is 0 Å². The number of fused-ring (bicyclic) bond motifs is 2. The number of hydrogen-bond acceptors (Lipinski definition) is 5. The highest BCUT2D eigenvalue weighted by Crippen LogP contribution is 2.28. The molecular formula is C40H67BrN2O2S. The van der Waals surface area contributed by atoms with Crippen LogP contribution in [0.1, 0.15) is 161 Å². The Morgan fingerprint density at radius 3 is 1.93 bits per heavy atom. The van der Waals surface area contributed by atoms with Gasteiger partial charge >= 0.3 is 0 Å². The molecule has 4 nitrogen and oxygen atoms in total. The molecule has 262 valence electrons. The number of thiazole rings is 1. The summed E-state index contributed by atoms with van der Waals surface area (Å²) in [6.07, 6.45) is 15.0. The average Bonchev–Trinajstić information content (AvgIpc) is 3.46. The average molecular weight is 720 g/mol. The molecule has 0 spiro atoms. The molecule has 0 saturated carbocycles. The maximum atomic E-state index is 12.2. The van der Waals surface area contributed by atoms with E-state index in [1.54, 1.807) is 0 Å². The van der Waals surface area contributed by atoms with Crippen LogP contribution in [-0.4, -0.2) is 27.0 Å². The highest BCUT2D eigenvalue weighted by molar-refractivity contribution is 9.10. The monoisotopic (exact) mass is 718 g/mol. The number of aliphatic hydroxyl groups is 1. The molecule has 4 rings (SSSR count). The van der Waals surface area contributed by atoms with Gasteiger partial charge in [-0.1, -0.05) is 147 Å². The van der Waals surface area contributed by atoms with E-state index in [4.69, 9.17) is 4.98 Å². The second kappa shape index (κ2) is 27.3. The van der Waals surface area contributed by atoms with Crippen molar-refractivity contribution < 1.29 is 9.90 Å². The summed E-state index contributed by atoms with van der Waals surface area (Å²) in [4.78, 5) is 22.3. The number of aromatic nitrogens is 2. The standard InChI is InChI=1S/C15H18N2OS.C10H22O.C6H5Br.C5H12.C4H10/c1-3-9(2)13(18)15-17-12-8-10-6-4-5-7-11(10)16-14(12)19-15;1-4-6-10(11)8-7-9(3)5-2;7-6-4-2-1-3-5-6;1-3-5-4-2;1-4(2)3/h8-9H,3-7H2,1-2H3;9-11H,4-8H2,1-3H3;1-5H;3-5H2,1-2H3;4H,1-3H3. The van der Waals surface area contributed by atoms with Crippen LogP contribution in [0, 0.1) is 17.8 Å². The summed E-state index contributed by atoms with van der Waals surface area (Å²) in [6.45, 7) is 21.5. The molecular weight excluding hydrogens is 652 g/mol. The number of aliphatic hydroxyl groups excluding tert-OH is 1. The van der Waals surface area contributed by atoms with E-state index in [0.29, 0.717) is 5.01 Å². The Labute approximate surface area is 295 Å². The lowest BCUT2D eigenvalue weighted by Crippen LogP contribution is -2.09. The van der Waals surface area contributed by atoms with Crippen molar-refractivity contribution in [2.45, 2.75) is 159 Å². The van der Waals surface area contributed by atoms with Crippen molar-refractivity contribution in [3.63, 3.8) is 0 Å². The summed E-state index contributed by atoms with van der Waals surface area (Å²) in [6, 6.07) is 12.1. The zero-order valence-electron chi connectivity index (χ0n) is 31.0. The molecule has 3 unspecified atom stereocenters. The van der Waals surface area contributed by atoms with Crippen LogP contribution in [0.5, 0.6) is 0 Å². The number of carbonyl (C=O) groups is 1. The van der Waals surface area contributed by atoms with Gasteiger partial charge in [0.1, 0.15) is 10.3 Å². The van der Waals surface area contributed by atoms with E-state index < -0.39 is 0 Å². The molecule has 0 fully saturated rings. The Morgan fingerprint density at radius 1 is 0.848 bits per heavy atom. The first kappa shape index (κ1) is 44.4. The first-order valence-electron chi connectivity index (χ1n) is 18.2. The molecule has 0 bridgehead atoms. The summed E-state index contributed by atoms with van der Waals surface area (Å²) < 4.78 is 1.13. The highest BCUT2D eigenvalue weighted by Gasteiger charge is 2.20. The third kappa shape index (κ3) is 20.6. The number of Topliss-reactive ketones (excluding diaryl/α,β-unsaturated/α-hetero) is 1. The number of hydrogen-bond donors (Lipinski definition) is 1. The van der Waals surface area contributed by atoms with Gasteiger partial charge < -0.3 is 5.11 Å². The minimum Gasteiger partial charge on any atom is -0.393 e. The highest BCUT2D eigenvalue weighted by atomic mass is 79.9. The molecule has 1 aliphatic carbocycles. The minimum absolute atomic E-state index is 0.0472. The molecule has 46 heavy (non-hydrogen) atoms. The number of benzene rings is 1. The molecule has 1 N–H and O–H groups in total. The largest absolute Gasteiger partial charge is 0.393 e. The second-order valence-electron chi connectivity index (χ2n) is 13.2. The van der Waals surface area contributed by atoms with Crippen LogP contribution < -0.4 is 0 Å². The molecule has 0 radical (unpaired) electrons. The SMILES string of the molecule is Brc1ccccc1.CC(C)C.CCC(C)C(=O)c1nc2cc3c(nc2s1)CCCC3.CCCC(O)CCC(C)CC.CCCCC. The van der Waals surface area contributed by atoms with E-state index >= 15 is 0 Å². The lowest BCUT2D eigenvalue weighted by Gasteiger charge is -2.13. The smallest absolute Gasteiger partial charge is 0.194 e. The molecule has 3 atom stereocenters. The van der Waals surface area contributed by atoms with Crippen LogP contribution in [0.2, 0.25) is 0 Å². The van der Waals surface area contributed by atoms with Gasteiger partial charge in [0.05, 0.1) is 6.10 Å². The van der Waals surface area contributed by atoms with Crippen LogP contribution in [0.4, 0.5) is 0 Å². The van der Waals surface area contributed by atoms with Crippen molar-refractivity contribution in [2.24, 2.45) is 17.8 Å². The Kier molecular flexibility index (Phi) is 26.4. The van der Waals surface area contributed by atoms with Crippen molar-refractivity contribution in [2.75, 3.05) is 0 Å². The van der Waals surface area contributed by atoms with Gasteiger partial charge in [0, 0.05) is 16.1 Å². The van der Waals surface area contributed by atoms with Gasteiger partial charge in [-0.2, -0.15) is 0 Å². The van der Waals surface area contributed by atoms with Gasteiger partial charge in [0.25, 0.3) is 0 Å². The molecule has 1 aromatic carbocycles. The van der Waals surface area contributed by atoms with Gasteiger partial charge in [-0.25, -0.2) is 9.97 Å². The molecule has 6 heteroatoms. The number of pyridine rings is 1. The number of carbonyl (C=O) groups excluding carboxylic acids is 1. The summed E-state index contributed by atoms with van der Waals surface area (Å²) in [7, 11) is 0. The van der Waals surface area contributed by atoms with Crippen molar-refractivity contribution in [3.05, 3.63) is 57.1 Å². The number of nitrogens with zero attached hydrogens (tertiary/aromatic N) is 2. The first-order valence-corrected chi connectivity index (χ1v) is 19.8. The molecule has 0 aliphatic heterocycles. The minimum atomic E-state index is -0.0472. The van der Waals surface area contributed by atoms with Crippen LogP contribution in [0.15, 0.2) is 40.9 Å². The van der Waals surface area contributed by atoms with Gasteiger partial charge in [-0.05, 0) is 87.0 Å². The van der Waals surface area contributed by atoms with Crippen molar-refractivity contribution in [1.29, 1.82) is 0 Å². The Hall–Kier alpha value is -1.63. The van der Waals surface area contributed by atoms with Crippen LogP contribution in [0.25, 0.3) is 10.3 Å². The van der Waals surface area contributed by atoms with Crippen LogP contribution in [0.3, 0.4) is 0 Å². The van der Waals surface area contributed by atoms with Crippen molar-refractivity contribution in [1.82, 2.24) is 9.97 Å². The van der Waals surface area contributed by atoms with Gasteiger partial charge in [0.2, 0.25) is 0 Å². The maximum absolute atomic E-state index is 12.2. The fourth-order valence-electron chi connectivity index (χ4n) is 4.41. The first-order chi connectivity index (χ1) is 21.9. The fraction of sp³-hybridized carbons (Fsp3) is 0.675. The summed E-state index contributed by atoms with van der Waals surface area (Å²) in [5.74, 6) is 1.82. The number of rotatable bonds is 11. The third-order valence-corrected chi connectivity index (χ3v) is 9.19. The lowest BCUT2D eigenvalue weighted by atomic mass is 9.96. The van der Waals surface area contributed by atoms with E-state index in [0.717, 1.165) is 65.2 Å². The predicted octanol–water partition coefficient (Wildman–Crippen LogP) is 13.1. The topological polar surface area (TPSA) is 63.1 Å². The van der Waals surface area contributed by atoms with Crippen molar-refractivity contribution >= 4 is 43.4 Å². The normalized spacial score (nSPS) is 13.7. The van der Waals surface area contributed by atoms with E-state index in [2.05, 4.69) is 82.4 Å². The van der Waals surface area contributed by atoms with E-state index in [1.807, 2.05) is 44.2 Å². The molecule has 2 heterocycles. The Bertz CT molecular complexity index is 1120. The lowest BCUT2D eigenvalue weighted by molar-refractivity contribution is 0.0927. The molecule has 0 saturated heterocycles. The predicted molar refractivity (Wildman–Crippen MR) is 207 cm³/mol. The number of halogens is 1.